The topological polar surface area (TPSA) is 21.7 Å². The lowest BCUT2D eigenvalue weighted by Gasteiger charge is -2.26. The Balaban J connectivity index is 1.51. The van der Waals surface area contributed by atoms with Crippen LogP contribution in [0.2, 0.25) is 0 Å². The van der Waals surface area contributed by atoms with Gasteiger partial charge in [-0.1, -0.05) is 6.42 Å². The number of nitrogens with zero attached hydrogens (tertiary/aromatic N) is 1. The van der Waals surface area contributed by atoms with E-state index in [0.29, 0.717) is 0 Å². The predicted molar refractivity (Wildman–Crippen MR) is 83.1 cm³/mol. The monoisotopic (exact) mass is 293 g/mol. The lowest BCUT2D eigenvalue weighted by atomic mass is 10.1. The Morgan fingerprint density at radius 1 is 0.950 bits per heavy atom. The first kappa shape index (κ1) is 14.1. The summed E-state index contributed by atoms with van der Waals surface area (Å²) in [6, 6.07) is 6.32. The summed E-state index contributed by atoms with van der Waals surface area (Å²) in [5.41, 5.74) is 0. The number of fused-ring (bicyclic) bond motifs is 1. The molecule has 0 N–H and O–H groups in total. The van der Waals surface area contributed by atoms with Crippen LogP contribution in [-0.4, -0.2) is 43.5 Å². The lowest BCUT2D eigenvalue weighted by molar-refractivity contribution is 0.242. The fourth-order valence-corrected chi connectivity index (χ4v) is 3.65. The van der Waals surface area contributed by atoms with Crippen molar-refractivity contribution in [3.05, 3.63) is 18.2 Å². The summed E-state index contributed by atoms with van der Waals surface area (Å²) in [4.78, 5) is 3.87. The van der Waals surface area contributed by atoms with Crippen LogP contribution in [-0.2, 0) is 0 Å². The van der Waals surface area contributed by atoms with Crippen molar-refractivity contribution in [3.63, 3.8) is 0 Å². The van der Waals surface area contributed by atoms with E-state index in [1.807, 2.05) is 17.8 Å². The van der Waals surface area contributed by atoms with Gasteiger partial charge in [-0.2, -0.15) is 0 Å². The SMILES string of the molecule is c1cc2c(cc1SCCN1CCCCC1)OCCCO2. The number of rotatable bonds is 4. The summed E-state index contributed by atoms with van der Waals surface area (Å²) in [5.74, 6) is 2.95. The molecular formula is C16H23NO2S. The summed E-state index contributed by atoms with van der Waals surface area (Å²) < 4.78 is 11.4. The molecule has 2 aliphatic heterocycles. The molecule has 3 rings (SSSR count). The van der Waals surface area contributed by atoms with Crippen molar-refractivity contribution in [1.29, 1.82) is 0 Å². The molecule has 1 aromatic carbocycles. The second kappa shape index (κ2) is 7.23. The minimum Gasteiger partial charge on any atom is -0.490 e. The number of hydrogen-bond acceptors (Lipinski definition) is 4. The summed E-state index contributed by atoms with van der Waals surface area (Å²) in [7, 11) is 0. The van der Waals surface area contributed by atoms with Crippen LogP contribution in [0.15, 0.2) is 23.1 Å². The number of ether oxygens (including phenoxy) is 2. The first-order chi connectivity index (χ1) is 9.92. The van der Waals surface area contributed by atoms with Gasteiger partial charge in [0.2, 0.25) is 0 Å². The number of thioether (sulfide) groups is 1. The predicted octanol–water partition coefficient (Wildman–Crippen LogP) is 3.43. The number of likely N-dealkylation sites (tertiary alicyclic amines) is 1. The Labute approximate surface area is 125 Å². The number of piperidine rings is 1. The minimum absolute atomic E-state index is 0.758. The summed E-state index contributed by atoms with van der Waals surface area (Å²) >= 11 is 1.92. The smallest absolute Gasteiger partial charge is 0.162 e. The van der Waals surface area contributed by atoms with Gasteiger partial charge in [-0.05, 0) is 44.1 Å². The van der Waals surface area contributed by atoms with Gasteiger partial charge in [0.05, 0.1) is 13.2 Å². The van der Waals surface area contributed by atoms with Crippen molar-refractivity contribution in [2.24, 2.45) is 0 Å². The van der Waals surface area contributed by atoms with Crippen molar-refractivity contribution >= 4 is 11.8 Å². The van der Waals surface area contributed by atoms with Crippen LogP contribution in [0.4, 0.5) is 0 Å². The van der Waals surface area contributed by atoms with E-state index in [1.165, 1.54) is 43.8 Å². The molecule has 1 aromatic rings. The van der Waals surface area contributed by atoms with Crippen LogP contribution in [0.1, 0.15) is 25.7 Å². The molecule has 110 valence electrons. The molecule has 0 saturated carbocycles. The van der Waals surface area contributed by atoms with E-state index in [-0.39, 0.29) is 0 Å². The molecule has 2 heterocycles. The molecule has 2 aliphatic rings. The van der Waals surface area contributed by atoms with Crippen LogP contribution in [0.25, 0.3) is 0 Å². The molecule has 0 unspecified atom stereocenters. The molecule has 0 spiro atoms. The third-order valence-electron chi connectivity index (χ3n) is 3.84. The zero-order valence-corrected chi connectivity index (χ0v) is 12.8. The molecule has 0 bridgehead atoms. The maximum absolute atomic E-state index is 5.74. The van der Waals surface area contributed by atoms with Crippen LogP contribution in [0, 0.1) is 0 Å². The van der Waals surface area contributed by atoms with Gasteiger partial charge in [0, 0.05) is 23.6 Å². The standard InChI is InChI=1S/C16H23NO2S/c1-2-7-17(8-3-1)9-12-20-14-5-6-15-16(13-14)19-11-4-10-18-15/h5-6,13H,1-4,7-12H2. The van der Waals surface area contributed by atoms with Gasteiger partial charge in [-0.3, -0.25) is 0 Å². The highest BCUT2D eigenvalue weighted by molar-refractivity contribution is 7.99. The number of benzene rings is 1. The van der Waals surface area contributed by atoms with Gasteiger partial charge in [0.25, 0.3) is 0 Å². The molecule has 0 aliphatic carbocycles. The van der Waals surface area contributed by atoms with Crippen LogP contribution in [0.3, 0.4) is 0 Å². The van der Waals surface area contributed by atoms with Crippen molar-refractivity contribution in [2.75, 3.05) is 38.6 Å². The second-order valence-electron chi connectivity index (χ2n) is 5.41. The normalized spacial score (nSPS) is 19.6. The molecular weight excluding hydrogens is 270 g/mol. The van der Waals surface area contributed by atoms with E-state index >= 15 is 0 Å². The number of hydrogen-bond donors (Lipinski definition) is 0. The minimum atomic E-state index is 0.758. The van der Waals surface area contributed by atoms with Crippen LogP contribution < -0.4 is 9.47 Å². The largest absolute Gasteiger partial charge is 0.490 e. The summed E-state index contributed by atoms with van der Waals surface area (Å²) in [5, 5.41) is 0. The van der Waals surface area contributed by atoms with Crippen molar-refractivity contribution in [3.8, 4) is 11.5 Å². The molecule has 0 atom stereocenters. The summed E-state index contributed by atoms with van der Waals surface area (Å²) in [6.07, 6.45) is 5.11. The van der Waals surface area contributed by atoms with Crippen LogP contribution >= 0.6 is 11.8 Å². The lowest BCUT2D eigenvalue weighted by Crippen LogP contribution is -2.31. The highest BCUT2D eigenvalue weighted by Gasteiger charge is 2.12. The van der Waals surface area contributed by atoms with E-state index in [0.717, 1.165) is 36.9 Å². The van der Waals surface area contributed by atoms with Gasteiger partial charge in [0.1, 0.15) is 0 Å². The Bertz CT molecular complexity index is 432. The van der Waals surface area contributed by atoms with Crippen molar-refractivity contribution < 1.29 is 9.47 Å². The van der Waals surface area contributed by atoms with Gasteiger partial charge >= 0.3 is 0 Å². The van der Waals surface area contributed by atoms with E-state index in [1.54, 1.807) is 0 Å². The Morgan fingerprint density at radius 2 is 1.75 bits per heavy atom. The van der Waals surface area contributed by atoms with Gasteiger partial charge in [-0.15, -0.1) is 11.8 Å². The highest BCUT2D eigenvalue weighted by Crippen LogP contribution is 2.33. The molecule has 0 aromatic heterocycles. The van der Waals surface area contributed by atoms with E-state index in [4.69, 9.17) is 9.47 Å². The fourth-order valence-electron chi connectivity index (χ4n) is 2.71. The van der Waals surface area contributed by atoms with Gasteiger partial charge < -0.3 is 14.4 Å². The summed E-state index contributed by atoms with van der Waals surface area (Å²) in [6.45, 7) is 5.27. The third-order valence-corrected chi connectivity index (χ3v) is 4.82. The van der Waals surface area contributed by atoms with Gasteiger partial charge in [-0.25, -0.2) is 0 Å². The van der Waals surface area contributed by atoms with Crippen molar-refractivity contribution in [2.45, 2.75) is 30.6 Å². The van der Waals surface area contributed by atoms with Gasteiger partial charge in [0.15, 0.2) is 11.5 Å². The highest BCUT2D eigenvalue weighted by atomic mass is 32.2. The zero-order valence-electron chi connectivity index (χ0n) is 12.0. The quantitative estimate of drug-likeness (QED) is 0.793. The Kier molecular flexibility index (Phi) is 5.09. The molecule has 3 nitrogen and oxygen atoms in total. The Hall–Kier alpha value is -0.870. The zero-order chi connectivity index (χ0) is 13.6. The van der Waals surface area contributed by atoms with E-state index in [9.17, 15) is 0 Å². The van der Waals surface area contributed by atoms with E-state index in [2.05, 4.69) is 17.0 Å². The van der Waals surface area contributed by atoms with Crippen molar-refractivity contribution in [1.82, 2.24) is 4.90 Å². The first-order valence-corrected chi connectivity index (χ1v) is 8.65. The Morgan fingerprint density at radius 3 is 2.60 bits per heavy atom. The second-order valence-corrected chi connectivity index (χ2v) is 6.58. The molecule has 1 saturated heterocycles. The molecule has 4 heteroatoms. The molecule has 0 radical (unpaired) electrons. The fraction of sp³-hybridized carbons (Fsp3) is 0.625. The molecule has 20 heavy (non-hydrogen) atoms. The van der Waals surface area contributed by atoms with Crippen LogP contribution in [0.5, 0.6) is 11.5 Å². The molecule has 1 fully saturated rings. The van der Waals surface area contributed by atoms with E-state index < -0.39 is 0 Å². The average Bonchev–Trinajstić information content (AvgIpc) is 2.73. The maximum Gasteiger partial charge on any atom is 0.162 e. The average molecular weight is 293 g/mol. The third kappa shape index (κ3) is 3.83. The maximum atomic E-state index is 5.74. The molecule has 0 amide bonds. The first-order valence-electron chi connectivity index (χ1n) is 7.67.